The first-order chi connectivity index (χ1) is 7.33. The summed E-state index contributed by atoms with van der Waals surface area (Å²) in [6.45, 7) is -0.334. The van der Waals surface area contributed by atoms with E-state index >= 15 is 0 Å². The molecule has 0 radical (unpaired) electrons. The third kappa shape index (κ3) is 3.28. The maximum Gasteiger partial charge on any atom is 0.229 e. The number of hydrogen-bond acceptors (Lipinski definition) is 4. The molecule has 0 saturated carbocycles. The van der Waals surface area contributed by atoms with Crippen LogP contribution in [0.15, 0.2) is 18.2 Å². The van der Waals surface area contributed by atoms with Gasteiger partial charge in [-0.1, -0.05) is 0 Å². The number of carbonyl (C=O) groups excluding carboxylic acids is 1. The van der Waals surface area contributed by atoms with E-state index in [9.17, 15) is 17.6 Å². The van der Waals surface area contributed by atoms with Gasteiger partial charge in [0, 0.05) is 5.69 Å². The average molecular weight is 246 g/mol. The maximum atomic E-state index is 13.2. The van der Waals surface area contributed by atoms with Crippen LogP contribution in [0.2, 0.25) is 0 Å². The van der Waals surface area contributed by atoms with Crippen molar-refractivity contribution < 1.29 is 17.6 Å². The Bertz CT molecular complexity index is 513. The molecular formula is C9H11FN2O3S. The molecule has 0 fully saturated rings. The first-order valence-corrected chi connectivity index (χ1v) is 6.23. The van der Waals surface area contributed by atoms with Gasteiger partial charge in [-0.25, -0.2) is 12.8 Å². The van der Waals surface area contributed by atoms with Gasteiger partial charge in [-0.3, -0.25) is 9.52 Å². The van der Waals surface area contributed by atoms with Crippen LogP contribution in [-0.4, -0.2) is 27.0 Å². The van der Waals surface area contributed by atoms with Crippen molar-refractivity contribution in [2.75, 3.05) is 17.5 Å². The summed E-state index contributed by atoms with van der Waals surface area (Å²) in [5.74, 6) is -1.32. The Morgan fingerprint density at radius 3 is 2.62 bits per heavy atom. The van der Waals surface area contributed by atoms with E-state index in [4.69, 9.17) is 5.73 Å². The average Bonchev–Trinajstić information content (AvgIpc) is 2.18. The number of carbonyl (C=O) groups is 1. The van der Waals surface area contributed by atoms with Gasteiger partial charge >= 0.3 is 0 Å². The predicted molar refractivity (Wildman–Crippen MR) is 58.3 cm³/mol. The lowest BCUT2D eigenvalue weighted by Gasteiger charge is -2.06. The van der Waals surface area contributed by atoms with Crippen molar-refractivity contribution >= 4 is 21.5 Å². The molecular weight excluding hydrogens is 235 g/mol. The summed E-state index contributed by atoms with van der Waals surface area (Å²) in [6.07, 6.45) is 0.959. The lowest BCUT2D eigenvalue weighted by molar-refractivity contribution is 0.0997. The molecule has 0 unspecified atom stereocenters. The molecule has 0 saturated heterocycles. The Morgan fingerprint density at radius 2 is 2.12 bits per heavy atom. The molecule has 0 amide bonds. The highest BCUT2D eigenvalue weighted by Crippen LogP contribution is 2.16. The van der Waals surface area contributed by atoms with Crippen LogP contribution in [0.5, 0.6) is 0 Å². The molecule has 88 valence electrons. The number of ketones is 1. The van der Waals surface area contributed by atoms with E-state index in [1.165, 1.54) is 6.07 Å². The van der Waals surface area contributed by atoms with E-state index in [0.717, 1.165) is 18.4 Å². The number of Topliss-reactive ketones (excluding diaryl/α,β-unsaturated/α-hetero) is 1. The van der Waals surface area contributed by atoms with Crippen LogP contribution in [0.4, 0.5) is 10.1 Å². The quantitative estimate of drug-likeness (QED) is 0.750. The molecule has 0 spiro atoms. The Balaban J connectivity index is 3.12. The van der Waals surface area contributed by atoms with Crippen molar-refractivity contribution in [3.05, 3.63) is 29.6 Å². The highest BCUT2D eigenvalue weighted by Gasteiger charge is 2.12. The molecule has 1 aromatic carbocycles. The predicted octanol–water partition coefficient (Wildman–Crippen LogP) is 0.339. The summed E-state index contributed by atoms with van der Waals surface area (Å²) in [4.78, 5) is 11.2. The summed E-state index contributed by atoms with van der Waals surface area (Å²) in [6, 6.07) is 3.35. The van der Waals surface area contributed by atoms with Crippen molar-refractivity contribution in [2.45, 2.75) is 0 Å². The summed E-state index contributed by atoms with van der Waals surface area (Å²) in [7, 11) is -3.45. The monoisotopic (exact) mass is 246 g/mol. The minimum absolute atomic E-state index is 0.126. The van der Waals surface area contributed by atoms with Gasteiger partial charge in [0.15, 0.2) is 5.78 Å². The third-order valence-electron chi connectivity index (χ3n) is 1.76. The molecule has 0 aliphatic rings. The Labute approximate surface area is 92.5 Å². The zero-order valence-electron chi connectivity index (χ0n) is 8.53. The number of hydrogen-bond donors (Lipinski definition) is 2. The number of halogens is 1. The van der Waals surface area contributed by atoms with Gasteiger partial charge in [-0.15, -0.1) is 0 Å². The first-order valence-electron chi connectivity index (χ1n) is 4.34. The van der Waals surface area contributed by atoms with E-state index in [1.807, 2.05) is 0 Å². The summed E-state index contributed by atoms with van der Waals surface area (Å²) < 4.78 is 37.2. The fourth-order valence-electron chi connectivity index (χ4n) is 1.13. The van der Waals surface area contributed by atoms with Crippen LogP contribution in [0.1, 0.15) is 10.4 Å². The van der Waals surface area contributed by atoms with Crippen molar-refractivity contribution in [2.24, 2.45) is 5.73 Å². The largest absolute Gasteiger partial charge is 0.324 e. The topological polar surface area (TPSA) is 89.3 Å². The lowest BCUT2D eigenvalue weighted by Crippen LogP contribution is -2.16. The molecule has 7 heteroatoms. The highest BCUT2D eigenvalue weighted by molar-refractivity contribution is 7.92. The van der Waals surface area contributed by atoms with Crippen LogP contribution in [-0.2, 0) is 10.0 Å². The van der Waals surface area contributed by atoms with Crippen molar-refractivity contribution in [3.63, 3.8) is 0 Å². The van der Waals surface area contributed by atoms with E-state index in [0.29, 0.717) is 0 Å². The van der Waals surface area contributed by atoms with Gasteiger partial charge in [0.05, 0.1) is 18.4 Å². The minimum Gasteiger partial charge on any atom is -0.324 e. The summed E-state index contributed by atoms with van der Waals surface area (Å²) in [5.41, 5.74) is 5.00. The third-order valence-corrected chi connectivity index (χ3v) is 2.36. The molecule has 1 rings (SSSR count). The molecule has 0 atom stereocenters. The van der Waals surface area contributed by atoms with Crippen LogP contribution < -0.4 is 10.5 Å². The highest BCUT2D eigenvalue weighted by atomic mass is 32.2. The summed E-state index contributed by atoms with van der Waals surface area (Å²) in [5, 5.41) is 0. The van der Waals surface area contributed by atoms with Gasteiger partial charge in [0.25, 0.3) is 0 Å². The van der Waals surface area contributed by atoms with E-state index in [1.54, 1.807) is 0 Å². The minimum atomic E-state index is -3.45. The number of nitrogens with one attached hydrogen (secondary N) is 1. The standard InChI is InChI=1S/C9H11FN2O3S/c1-16(14,15)12-6-2-3-8(10)7(4-6)9(13)5-11/h2-4,12H,5,11H2,1H3. The van der Waals surface area contributed by atoms with Crippen molar-refractivity contribution in [3.8, 4) is 0 Å². The Kier molecular flexibility index (Phi) is 3.61. The second-order valence-corrected chi connectivity index (χ2v) is 4.94. The zero-order chi connectivity index (χ0) is 12.3. The van der Waals surface area contributed by atoms with E-state index < -0.39 is 21.6 Å². The molecule has 0 heterocycles. The molecule has 0 bridgehead atoms. The molecule has 5 nitrogen and oxygen atoms in total. The van der Waals surface area contributed by atoms with E-state index in [-0.39, 0.29) is 17.8 Å². The van der Waals surface area contributed by atoms with Crippen molar-refractivity contribution in [1.82, 2.24) is 0 Å². The van der Waals surface area contributed by atoms with Gasteiger partial charge < -0.3 is 5.73 Å². The van der Waals surface area contributed by atoms with Gasteiger partial charge in [-0.2, -0.15) is 0 Å². The maximum absolute atomic E-state index is 13.2. The fourth-order valence-corrected chi connectivity index (χ4v) is 1.68. The van der Waals surface area contributed by atoms with Gasteiger partial charge in [-0.05, 0) is 18.2 Å². The van der Waals surface area contributed by atoms with E-state index in [2.05, 4.69) is 4.72 Å². The number of nitrogens with two attached hydrogens (primary N) is 1. The van der Waals surface area contributed by atoms with Crippen LogP contribution in [0.25, 0.3) is 0 Å². The smallest absolute Gasteiger partial charge is 0.229 e. The van der Waals surface area contributed by atoms with Crippen LogP contribution in [0, 0.1) is 5.82 Å². The molecule has 0 aliphatic carbocycles. The van der Waals surface area contributed by atoms with Gasteiger partial charge in [0.2, 0.25) is 10.0 Å². The molecule has 16 heavy (non-hydrogen) atoms. The second kappa shape index (κ2) is 4.58. The molecule has 0 aromatic heterocycles. The second-order valence-electron chi connectivity index (χ2n) is 3.20. The normalized spacial score (nSPS) is 11.2. The first kappa shape index (κ1) is 12.6. The molecule has 0 aliphatic heterocycles. The van der Waals surface area contributed by atoms with Crippen LogP contribution >= 0.6 is 0 Å². The van der Waals surface area contributed by atoms with Gasteiger partial charge in [0.1, 0.15) is 5.82 Å². The number of anilines is 1. The lowest BCUT2D eigenvalue weighted by atomic mass is 10.1. The van der Waals surface area contributed by atoms with Crippen LogP contribution in [0.3, 0.4) is 0 Å². The Hall–Kier alpha value is -1.47. The Morgan fingerprint density at radius 1 is 1.50 bits per heavy atom. The summed E-state index contributed by atoms with van der Waals surface area (Å²) >= 11 is 0. The number of sulfonamides is 1. The molecule has 1 aromatic rings. The number of benzene rings is 1. The SMILES string of the molecule is CS(=O)(=O)Nc1ccc(F)c(C(=O)CN)c1. The fraction of sp³-hybridized carbons (Fsp3) is 0.222. The molecule has 3 N–H and O–H groups in total. The number of rotatable bonds is 4. The zero-order valence-corrected chi connectivity index (χ0v) is 9.34. The van der Waals surface area contributed by atoms with Crippen molar-refractivity contribution in [1.29, 1.82) is 0 Å².